The first-order valence-electron chi connectivity index (χ1n) is 7.89. The van der Waals surface area contributed by atoms with Gasteiger partial charge < -0.3 is 4.74 Å². The van der Waals surface area contributed by atoms with E-state index in [4.69, 9.17) is 4.74 Å². The van der Waals surface area contributed by atoms with Crippen molar-refractivity contribution >= 4 is 28.1 Å². The van der Waals surface area contributed by atoms with Gasteiger partial charge in [-0.25, -0.2) is 4.79 Å². The first kappa shape index (κ1) is 18.4. The molecule has 4 heteroatoms. The van der Waals surface area contributed by atoms with Gasteiger partial charge in [0.1, 0.15) is 5.60 Å². The maximum absolute atomic E-state index is 12.5. The summed E-state index contributed by atoms with van der Waals surface area (Å²) in [5, 5.41) is 0. The first-order valence-corrected chi connectivity index (χ1v) is 8.69. The van der Waals surface area contributed by atoms with E-state index in [2.05, 4.69) is 20.9 Å². The second-order valence-electron chi connectivity index (χ2n) is 6.53. The fourth-order valence-electron chi connectivity index (χ4n) is 2.15. The molecule has 24 heavy (non-hydrogen) atoms. The molecule has 0 radical (unpaired) electrons. The third-order valence-electron chi connectivity index (χ3n) is 3.25. The second kappa shape index (κ2) is 8.25. The van der Waals surface area contributed by atoms with Crippen molar-refractivity contribution in [3.63, 3.8) is 0 Å². The smallest absolute Gasteiger partial charge is 0.331 e. The molecular weight excluding hydrogens is 366 g/mol. The van der Waals surface area contributed by atoms with E-state index in [-0.39, 0.29) is 5.97 Å². The maximum Gasteiger partial charge on any atom is 0.331 e. The number of hydrogen-bond donors (Lipinski definition) is 0. The Bertz CT molecular complexity index is 705. The van der Waals surface area contributed by atoms with Crippen LogP contribution in [0.4, 0.5) is 0 Å². The Labute approximate surface area is 151 Å². The van der Waals surface area contributed by atoms with Gasteiger partial charge in [-0.15, -0.1) is 0 Å². The van der Waals surface area contributed by atoms with Crippen molar-refractivity contribution in [2.45, 2.75) is 38.8 Å². The van der Waals surface area contributed by atoms with Crippen LogP contribution >= 0.6 is 15.9 Å². The highest BCUT2D eigenvalue weighted by atomic mass is 79.9. The van der Waals surface area contributed by atoms with Gasteiger partial charge in [-0.2, -0.15) is 0 Å². The number of carbonyl (C=O) groups excluding carboxylic acids is 1. The number of esters is 1. The third-order valence-corrected chi connectivity index (χ3v) is 4.03. The van der Waals surface area contributed by atoms with Crippen LogP contribution in [0.25, 0.3) is 0 Å². The van der Waals surface area contributed by atoms with Gasteiger partial charge in [0.15, 0.2) is 6.04 Å². The highest BCUT2D eigenvalue weighted by Crippen LogP contribution is 2.20. The minimum Gasteiger partial charge on any atom is -0.458 e. The number of aliphatic imine (C=N–C) groups is 1. The summed E-state index contributed by atoms with van der Waals surface area (Å²) in [6.07, 6.45) is 2.21. The molecule has 2 rings (SSSR count). The second-order valence-corrected chi connectivity index (χ2v) is 7.39. The SMILES string of the molecule is CC(C)(C)OC(=O)[C@H](Cc1ccccc1Br)N=Cc1ccccc1. The fraction of sp³-hybridized carbons (Fsp3) is 0.300. The van der Waals surface area contributed by atoms with Crippen molar-refractivity contribution < 1.29 is 9.53 Å². The highest BCUT2D eigenvalue weighted by Gasteiger charge is 2.25. The van der Waals surface area contributed by atoms with Gasteiger partial charge in [-0.1, -0.05) is 64.5 Å². The van der Waals surface area contributed by atoms with Crippen LogP contribution < -0.4 is 0 Å². The lowest BCUT2D eigenvalue weighted by molar-refractivity contribution is -0.156. The summed E-state index contributed by atoms with van der Waals surface area (Å²) in [5.41, 5.74) is 1.45. The number of nitrogens with zero attached hydrogens (tertiary/aromatic N) is 1. The van der Waals surface area contributed by atoms with Crippen LogP contribution in [0.3, 0.4) is 0 Å². The van der Waals surface area contributed by atoms with Crippen LogP contribution in [0.1, 0.15) is 31.9 Å². The molecule has 0 aliphatic heterocycles. The molecule has 0 saturated heterocycles. The molecule has 0 N–H and O–H groups in total. The van der Waals surface area contributed by atoms with Crippen LogP contribution in [0, 0.1) is 0 Å². The van der Waals surface area contributed by atoms with E-state index in [9.17, 15) is 4.79 Å². The number of ether oxygens (including phenoxy) is 1. The minimum atomic E-state index is -0.580. The molecule has 2 aromatic carbocycles. The highest BCUT2D eigenvalue weighted by molar-refractivity contribution is 9.10. The fourth-order valence-corrected chi connectivity index (χ4v) is 2.60. The zero-order valence-electron chi connectivity index (χ0n) is 14.2. The van der Waals surface area contributed by atoms with Crippen LogP contribution in [-0.4, -0.2) is 23.8 Å². The average molecular weight is 388 g/mol. The number of rotatable bonds is 5. The van der Waals surface area contributed by atoms with Crippen molar-refractivity contribution in [3.05, 3.63) is 70.2 Å². The number of carbonyl (C=O) groups is 1. The van der Waals surface area contributed by atoms with E-state index in [0.29, 0.717) is 6.42 Å². The molecule has 0 unspecified atom stereocenters. The van der Waals surface area contributed by atoms with Crippen molar-refractivity contribution in [1.82, 2.24) is 0 Å². The molecule has 0 aromatic heterocycles. The van der Waals surface area contributed by atoms with E-state index in [1.54, 1.807) is 6.21 Å². The molecule has 2 aromatic rings. The topological polar surface area (TPSA) is 38.7 Å². The summed E-state index contributed by atoms with van der Waals surface area (Å²) < 4.78 is 6.50. The predicted octanol–water partition coefficient (Wildman–Crippen LogP) is 4.82. The Hall–Kier alpha value is -1.94. The van der Waals surface area contributed by atoms with E-state index in [1.807, 2.05) is 75.4 Å². The maximum atomic E-state index is 12.5. The van der Waals surface area contributed by atoms with Gasteiger partial charge in [-0.3, -0.25) is 4.99 Å². The average Bonchev–Trinajstić information content (AvgIpc) is 2.52. The van der Waals surface area contributed by atoms with Crippen LogP contribution in [0.5, 0.6) is 0 Å². The first-order chi connectivity index (χ1) is 11.3. The Morgan fingerprint density at radius 2 is 1.75 bits per heavy atom. The van der Waals surface area contributed by atoms with Gasteiger partial charge >= 0.3 is 5.97 Å². The molecule has 3 nitrogen and oxygen atoms in total. The molecule has 0 aliphatic rings. The summed E-state index contributed by atoms with van der Waals surface area (Å²) >= 11 is 3.53. The number of halogens is 1. The monoisotopic (exact) mass is 387 g/mol. The minimum absolute atomic E-state index is 0.314. The molecule has 0 fully saturated rings. The van der Waals surface area contributed by atoms with Crippen molar-refractivity contribution in [3.8, 4) is 0 Å². The van der Waals surface area contributed by atoms with E-state index >= 15 is 0 Å². The van der Waals surface area contributed by atoms with Gasteiger partial charge in [0.2, 0.25) is 0 Å². The molecule has 0 saturated carbocycles. The van der Waals surface area contributed by atoms with Gasteiger partial charge in [-0.05, 0) is 38.0 Å². The molecule has 0 aliphatic carbocycles. The zero-order chi connectivity index (χ0) is 17.6. The largest absolute Gasteiger partial charge is 0.458 e. The van der Waals surface area contributed by atoms with Crippen LogP contribution in [0.2, 0.25) is 0 Å². The molecule has 0 amide bonds. The van der Waals surface area contributed by atoms with Crippen molar-refractivity contribution in [2.24, 2.45) is 4.99 Å². The molecule has 1 atom stereocenters. The molecule has 126 valence electrons. The molecule has 0 bridgehead atoms. The van der Waals surface area contributed by atoms with E-state index in [0.717, 1.165) is 15.6 Å². The van der Waals surface area contributed by atoms with Crippen molar-refractivity contribution in [2.75, 3.05) is 0 Å². The van der Waals surface area contributed by atoms with E-state index < -0.39 is 11.6 Å². The zero-order valence-corrected chi connectivity index (χ0v) is 15.8. The Balaban J connectivity index is 2.22. The summed E-state index contributed by atoms with van der Waals surface area (Å²) in [7, 11) is 0. The molecule has 0 heterocycles. The summed E-state index contributed by atoms with van der Waals surface area (Å²) in [6.45, 7) is 5.59. The van der Waals surface area contributed by atoms with Gasteiger partial charge in [0.05, 0.1) is 0 Å². The lowest BCUT2D eigenvalue weighted by Gasteiger charge is -2.22. The van der Waals surface area contributed by atoms with Gasteiger partial charge in [0.25, 0.3) is 0 Å². The van der Waals surface area contributed by atoms with Gasteiger partial charge in [0, 0.05) is 17.1 Å². The lowest BCUT2D eigenvalue weighted by Crippen LogP contribution is -2.32. The summed E-state index contributed by atoms with van der Waals surface area (Å²) in [5.74, 6) is -0.314. The van der Waals surface area contributed by atoms with Crippen molar-refractivity contribution in [1.29, 1.82) is 0 Å². The standard InChI is InChI=1S/C20H22BrNO2/c1-20(2,3)24-19(23)18(13-16-11-7-8-12-17(16)21)22-14-15-9-5-4-6-10-15/h4-12,14,18H,13H2,1-3H3/t18-/m0/s1. The number of hydrogen-bond acceptors (Lipinski definition) is 3. The third kappa shape index (κ3) is 5.93. The van der Waals surface area contributed by atoms with E-state index in [1.165, 1.54) is 0 Å². The Morgan fingerprint density at radius 3 is 2.38 bits per heavy atom. The predicted molar refractivity (Wildman–Crippen MR) is 102 cm³/mol. The quantitative estimate of drug-likeness (QED) is 0.544. The lowest BCUT2D eigenvalue weighted by atomic mass is 10.1. The normalized spacial score (nSPS) is 13.0. The molecule has 0 spiro atoms. The van der Waals surface area contributed by atoms with Crippen LogP contribution in [0.15, 0.2) is 64.1 Å². The number of benzene rings is 2. The molecular formula is C20H22BrNO2. The summed E-state index contributed by atoms with van der Waals surface area (Å²) in [4.78, 5) is 17.0. The summed E-state index contributed by atoms with van der Waals surface area (Å²) in [6, 6.07) is 17.0. The Kier molecular flexibility index (Phi) is 6.32. The Morgan fingerprint density at radius 1 is 1.12 bits per heavy atom. The van der Waals surface area contributed by atoms with Crippen LogP contribution in [-0.2, 0) is 16.0 Å².